The van der Waals surface area contributed by atoms with Crippen LogP contribution in [0.3, 0.4) is 0 Å². The zero-order valence-electron chi connectivity index (χ0n) is 21.0. The van der Waals surface area contributed by atoms with Gasteiger partial charge in [0.05, 0.1) is 7.11 Å². The third-order valence-electron chi connectivity index (χ3n) is 10.8. The van der Waals surface area contributed by atoms with Crippen molar-refractivity contribution in [2.24, 2.45) is 46.3 Å². The number of ether oxygens (including phenoxy) is 2. The highest BCUT2D eigenvalue weighted by Gasteiger charge is 2.62. The summed E-state index contributed by atoms with van der Waals surface area (Å²) in [6.07, 6.45) is 11.1. The van der Waals surface area contributed by atoms with Crippen molar-refractivity contribution in [3.63, 3.8) is 0 Å². The van der Waals surface area contributed by atoms with Crippen molar-refractivity contribution in [1.82, 2.24) is 0 Å². The Bertz CT molecular complexity index is 759. The Hall–Kier alpha value is -1.32. The first-order valence-corrected chi connectivity index (χ1v) is 13.0. The predicted molar refractivity (Wildman–Crippen MR) is 126 cm³/mol. The van der Waals surface area contributed by atoms with Crippen molar-refractivity contribution in [1.29, 1.82) is 0 Å². The predicted octanol–water partition coefficient (Wildman–Crippen LogP) is 6.33. The van der Waals surface area contributed by atoms with Crippen molar-refractivity contribution >= 4 is 11.9 Å². The third kappa shape index (κ3) is 3.84. The van der Waals surface area contributed by atoms with Gasteiger partial charge in [0.2, 0.25) is 0 Å². The van der Waals surface area contributed by atoms with E-state index in [-0.39, 0.29) is 23.5 Å². The molecule has 0 spiro atoms. The van der Waals surface area contributed by atoms with Gasteiger partial charge in [-0.1, -0.05) is 32.9 Å². The van der Waals surface area contributed by atoms with Gasteiger partial charge in [0.15, 0.2) is 0 Å². The molecule has 4 rings (SSSR count). The molecule has 4 aliphatic rings. The van der Waals surface area contributed by atoms with Gasteiger partial charge in [-0.05, 0) is 104 Å². The van der Waals surface area contributed by atoms with Gasteiger partial charge in [-0.15, -0.1) is 0 Å². The van der Waals surface area contributed by atoms with Gasteiger partial charge in [0.25, 0.3) is 0 Å². The molecule has 4 nitrogen and oxygen atoms in total. The van der Waals surface area contributed by atoms with Gasteiger partial charge in [-0.25, -0.2) is 0 Å². The van der Waals surface area contributed by atoms with E-state index < -0.39 is 0 Å². The quantitative estimate of drug-likeness (QED) is 0.367. The molecule has 32 heavy (non-hydrogen) atoms. The van der Waals surface area contributed by atoms with Crippen LogP contribution in [0.2, 0.25) is 0 Å². The normalized spacial score (nSPS) is 44.1. The topological polar surface area (TPSA) is 52.6 Å². The summed E-state index contributed by atoms with van der Waals surface area (Å²) in [6.45, 7) is 13.7. The second-order valence-electron chi connectivity index (χ2n) is 12.0. The number of esters is 2. The molecule has 180 valence electrons. The molecular weight excluding hydrogens is 400 g/mol. The van der Waals surface area contributed by atoms with Crippen molar-refractivity contribution in [3.8, 4) is 0 Å². The van der Waals surface area contributed by atoms with Gasteiger partial charge >= 0.3 is 11.9 Å². The maximum Gasteiger partial charge on any atom is 0.305 e. The second kappa shape index (κ2) is 8.80. The van der Waals surface area contributed by atoms with Gasteiger partial charge < -0.3 is 9.47 Å². The number of methoxy groups -OCH3 is 1. The fourth-order valence-corrected chi connectivity index (χ4v) is 9.03. The van der Waals surface area contributed by atoms with Crippen LogP contribution in [0.25, 0.3) is 0 Å². The molecule has 0 aliphatic heterocycles. The molecule has 0 aromatic carbocycles. The smallest absolute Gasteiger partial charge is 0.305 e. The van der Waals surface area contributed by atoms with E-state index in [1.165, 1.54) is 44.8 Å². The van der Waals surface area contributed by atoms with Crippen LogP contribution in [-0.2, 0) is 19.1 Å². The number of carbonyl (C=O) groups is 2. The Kier molecular flexibility index (Phi) is 6.55. The number of carbonyl (C=O) groups excluding carboxylic acids is 2. The van der Waals surface area contributed by atoms with Crippen molar-refractivity contribution in [3.05, 3.63) is 12.2 Å². The van der Waals surface area contributed by atoms with Gasteiger partial charge in [-0.3, -0.25) is 9.59 Å². The molecular formula is C28H44O4. The highest BCUT2D eigenvalue weighted by Crippen LogP contribution is 2.69. The summed E-state index contributed by atoms with van der Waals surface area (Å²) in [6, 6.07) is 0. The summed E-state index contributed by atoms with van der Waals surface area (Å²) >= 11 is 0. The first kappa shape index (κ1) is 23.8. The summed E-state index contributed by atoms with van der Waals surface area (Å²) in [4.78, 5) is 23.2. The lowest BCUT2D eigenvalue weighted by Gasteiger charge is -2.62. The molecule has 0 radical (unpaired) electrons. The fourth-order valence-electron chi connectivity index (χ4n) is 9.03. The molecule has 4 aliphatic carbocycles. The van der Waals surface area contributed by atoms with Crippen molar-refractivity contribution in [2.75, 3.05) is 7.11 Å². The SMILES string of the molecule is C=C1CC2C(CC[C@@H]3C[C@@H](OC(C)=O)CC[C@]23C)C2CCC([C@H](C)CCC(=O)OC)[C@@]12C. The Morgan fingerprint density at radius 3 is 2.56 bits per heavy atom. The van der Waals surface area contributed by atoms with Gasteiger partial charge in [0.1, 0.15) is 6.10 Å². The number of rotatable bonds is 5. The zero-order valence-corrected chi connectivity index (χ0v) is 21.0. The fraction of sp³-hybridized carbons (Fsp3) is 0.857. The number of fused-ring (bicyclic) bond motifs is 5. The van der Waals surface area contributed by atoms with Crippen LogP contribution in [-0.4, -0.2) is 25.2 Å². The molecule has 4 fully saturated rings. The molecule has 0 amide bonds. The van der Waals surface area contributed by atoms with E-state index in [0.29, 0.717) is 35.5 Å². The highest BCUT2D eigenvalue weighted by atomic mass is 16.5. The number of hydrogen-bond acceptors (Lipinski definition) is 4. The van der Waals surface area contributed by atoms with Crippen molar-refractivity contribution in [2.45, 2.75) is 98.0 Å². The lowest BCUT2D eigenvalue weighted by molar-refractivity contribution is -0.157. The average Bonchev–Trinajstić information content (AvgIpc) is 3.11. The Labute approximate surface area is 194 Å². The van der Waals surface area contributed by atoms with Crippen LogP contribution >= 0.6 is 0 Å². The molecule has 0 heterocycles. The van der Waals surface area contributed by atoms with Crippen LogP contribution in [0, 0.1) is 46.3 Å². The summed E-state index contributed by atoms with van der Waals surface area (Å²) in [5.74, 6) is 3.81. The molecule has 9 atom stereocenters. The van der Waals surface area contributed by atoms with Crippen molar-refractivity contribution < 1.29 is 19.1 Å². The maximum absolute atomic E-state index is 11.7. The summed E-state index contributed by atoms with van der Waals surface area (Å²) in [5, 5.41) is 0. The van der Waals surface area contributed by atoms with Crippen LogP contribution in [0.5, 0.6) is 0 Å². The summed E-state index contributed by atoms with van der Waals surface area (Å²) < 4.78 is 10.5. The van der Waals surface area contributed by atoms with Gasteiger partial charge in [0, 0.05) is 13.3 Å². The first-order valence-electron chi connectivity index (χ1n) is 13.0. The Morgan fingerprint density at radius 2 is 1.88 bits per heavy atom. The molecule has 0 saturated heterocycles. The average molecular weight is 445 g/mol. The highest BCUT2D eigenvalue weighted by molar-refractivity contribution is 5.69. The molecule has 4 unspecified atom stereocenters. The van der Waals surface area contributed by atoms with E-state index in [0.717, 1.165) is 37.5 Å². The maximum atomic E-state index is 11.7. The van der Waals surface area contributed by atoms with Crippen LogP contribution < -0.4 is 0 Å². The van der Waals surface area contributed by atoms with Crippen LogP contribution in [0.15, 0.2) is 12.2 Å². The first-order chi connectivity index (χ1) is 15.1. The van der Waals surface area contributed by atoms with Crippen LogP contribution in [0.1, 0.15) is 91.9 Å². The molecule has 4 saturated carbocycles. The standard InChI is InChI=1S/C28H44O4/c1-17(7-12-26(30)31-6)23-10-11-24-22-9-8-20-16-21(32-19(3)29)13-14-27(20,4)25(22)15-18(2)28(23,24)5/h17,20-25H,2,7-16H2,1,3-6H3/t17-,20-,21+,22?,23?,24?,25?,27+,28-/m1/s1. The minimum Gasteiger partial charge on any atom is -0.469 e. The molecule has 0 aromatic heterocycles. The van der Waals surface area contributed by atoms with Gasteiger partial charge in [-0.2, -0.15) is 0 Å². The largest absolute Gasteiger partial charge is 0.469 e. The molecule has 0 N–H and O–H groups in total. The van der Waals surface area contributed by atoms with E-state index in [4.69, 9.17) is 16.1 Å². The summed E-state index contributed by atoms with van der Waals surface area (Å²) in [5.41, 5.74) is 2.02. The lowest BCUT2D eigenvalue weighted by atomic mass is 9.43. The summed E-state index contributed by atoms with van der Waals surface area (Å²) in [7, 11) is 1.49. The lowest BCUT2D eigenvalue weighted by Crippen LogP contribution is -2.55. The Morgan fingerprint density at radius 1 is 1.12 bits per heavy atom. The molecule has 0 bridgehead atoms. The van der Waals surface area contributed by atoms with E-state index in [1.807, 2.05) is 0 Å². The third-order valence-corrected chi connectivity index (χ3v) is 10.8. The second-order valence-corrected chi connectivity index (χ2v) is 12.0. The van der Waals surface area contributed by atoms with E-state index >= 15 is 0 Å². The molecule has 0 aromatic rings. The molecule has 4 heteroatoms. The van der Waals surface area contributed by atoms with Crippen LogP contribution in [0.4, 0.5) is 0 Å². The zero-order chi connectivity index (χ0) is 23.3. The monoisotopic (exact) mass is 444 g/mol. The number of hydrogen-bond donors (Lipinski definition) is 0. The van der Waals surface area contributed by atoms with E-state index in [9.17, 15) is 9.59 Å². The van der Waals surface area contributed by atoms with E-state index in [2.05, 4.69) is 20.8 Å². The number of allylic oxidation sites excluding steroid dienone is 1. The van der Waals surface area contributed by atoms with E-state index in [1.54, 1.807) is 6.92 Å². The minimum absolute atomic E-state index is 0.0883. The Balaban J connectivity index is 1.50. The minimum atomic E-state index is -0.132.